The summed E-state index contributed by atoms with van der Waals surface area (Å²) in [5, 5.41) is 15.5. The van der Waals surface area contributed by atoms with Crippen molar-refractivity contribution in [2.24, 2.45) is 16.6 Å². The van der Waals surface area contributed by atoms with Crippen LogP contribution in [0.1, 0.15) is 67.4 Å². The van der Waals surface area contributed by atoms with Gasteiger partial charge in [0, 0.05) is 49.8 Å². The molecule has 3 fully saturated rings. The fourth-order valence-corrected chi connectivity index (χ4v) is 5.02. The van der Waals surface area contributed by atoms with E-state index < -0.39 is 11.7 Å². The van der Waals surface area contributed by atoms with Gasteiger partial charge in [-0.2, -0.15) is 4.99 Å². The second-order valence-electron chi connectivity index (χ2n) is 11.1. The van der Waals surface area contributed by atoms with Crippen molar-refractivity contribution in [3.63, 3.8) is 0 Å². The molecule has 0 bridgehead atoms. The Balaban J connectivity index is 0.000000395. The summed E-state index contributed by atoms with van der Waals surface area (Å²) in [6.07, 6.45) is 8.69. The van der Waals surface area contributed by atoms with Crippen LogP contribution in [0, 0.1) is 22.6 Å². The molecule has 0 radical (unpaired) electrons. The molecule has 1 saturated carbocycles. The molecule has 2 heterocycles. The number of hydrogen-bond donors (Lipinski definition) is 3. The van der Waals surface area contributed by atoms with Crippen LogP contribution in [0.2, 0.25) is 0 Å². The van der Waals surface area contributed by atoms with Gasteiger partial charge in [-0.05, 0) is 86.2 Å². The zero-order valence-electron chi connectivity index (χ0n) is 24.4. The van der Waals surface area contributed by atoms with Gasteiger partial charge in [0.05, 0.1) is 17.6 Å². The third-order valence-electron chi connectivity index (χ3n) is 7.33. The first-order chi connectivity index (χ1) is 20.5. The monoisotopic (exact) mass is 588 g/mol. The maximum absolute atomic E-state index is 14.7. The average Bonchev–Trinajstić information content (AvgIpc) is 3.64. The average molecular weight is 589 g/mol. The molecule has 0 spiro atoms. The number of rotatable bonds is 9. The van der Waals surface area contributed by atoms with Crippen LogP contribution in [0.5, 0.6) is 11.5 Å². The Kier molecular flexibility index (Phi) is 10.2. The molecule has 2 saturated heterocycles. The van der Waals surface area contributed by atoms with Crippen LogP contribution in [-0.2, 0) is 16.1 Å². The van der Waals surface area contributed by atoms with E-state index in [0.717, 1.165) is 25.7 Å². The number of halogens is 1. The molecule has 0 aromatic heterocycles. The lowest BCUT2D eigenvalue weighted by atomic mass is 10.1. The van der Waals surface area contributed by atoms with Gasteiger partial charge in [-0.3, -0.25) is 14.4 Å². The number of nitrogens with zero attached hydrogens (tertiary/aromatic N) is 3. The predicted molar refractivity (Wildman–Crippen MR) is 162 cm³/mol. The Labute approximate surface area is 250 Å². The largest absolute Gasteiger partial charge is 0.457 e. The van der Waals surface area contributed by atoms with Crippen LogP contribution in [0.3, 0.4) is 0 Å². The van der Waals surface area contributed by atoms with E-state index in [1.807, 2.05) is 11.8 Å². The number of carbonyl (C=O) groups is 3. The van der Waals surface area contributed by atoms with Gasteiger partial charge in [0.15, 0.2) is 0 Å². The van der Waals surface area contributed by atoms with Crippen LogP contribution in [0.4, 0.5) is 4.39 Å². The molecule has 5 rings (SSSR count). The first kappa shape index (κ1) is 31.3. The Morgan fingerprint density at radius 3 is 2.42 bits per heavy atom. The summed E-state index contributed by atoms with van der Waals surface area (Å²) in [5.74, 6) is -0.450. The van der Waals surface area contributed by atoms with Crippen LogP contribution in [-0.4, -0.2) is 64.4 Å². The van der Waals surface area contributed by atoms with Crippen molar-refractivity contribution >= 4 is 35.5 Å². The van der Waals surface area contributed by atoms with E-state index >= 15 is 0 Å². The number of amides is 3. The second kappa shape index (κ2) is 14.0. The van der Waals surface area contributed by atoms with Gasteiger partial charge >= 0.3 is 0 Å². The number of hydrogen-bond acceptors (Lipinski definition) is 6. The van der Waals surface area contributed by atoms with Gasteiger partial charge < -0.3 is 31.1 Å². The Morgan fingerprint density at radius 2 is 1.86 bits per heavy atom. The highest BCUT2D eigenvalue weighted by Crippen LogP contribution is 2.32. The molecule has 43 heavy (non-hydrogen) atoms. The maximum Gasteiger partial charge on any atom is 0.281 e. The van der Waals surface area contributed by atoms with Crippen LogP contribution in [0.25, 0.3) is 0 Å². The summed E-state index contributed by atoms with van der Waals surface area (Å²) in [6.45, 7) is 5.32. The van der Waals surface area contributed by atoms with E-state index in [2.05, 4.69) is 4.99 Å². The maximum atomic E-state index is 14.7. The SMILES string of the molecule is CC(=N)/C=C\C(=N)c1ccc(Oc2cc(C(=O)N=CN)c(F)cc2CN2C[C@@H](C)CC2=O)cc1.O=C1CCCN1C1CC1. The lowest BCUT2D eigenvalue weighted by molar-refractivity contribution is -0.129. The third-order valence-corrected chi connectivity index (χ3v) is 7.33. The van der Waals surface area contributed by atoms with Crippen molar-refractivity contribution < 1.29 is 23.5 Å². The minimum atomic E-state index is -0.848. The molecule has 1 aliphatic carbocycles. The Bertz CT molecular complexity index is 1460. The summed E-state index contributed by atoms with van der Waals surface area (Å²) in [7, 11) is 0. The van der Waals surface area contributed by atoms with Crippen molar-refractivity contribution in [2.75, 3.05) is 13.1 Å². The molecule has 1 atom stereocenters. The summed E-state index contributed by atoms with van der Waals surface area (Å²) < 4.78 is 20.7. The molecule has 2 aliphatic heterocycles. The highest BCUT2D eigenvalue weighted by molar-refractivity contribution is 6.09. The fraction of sp³-hybridized carbons (Fsp3) is 0.375. The van der Waals surface area contributed by atoms with Crippen molar-refractivity contribution in [1.29, 1.82) is 10.8 Å². The number of benzene rings is 2. The number of allylic oxidation sites excluding steroid dienone is 2. The Hall–Kier alpha value is -4.67. The third kappa shape index (κ3) is 8.43. The lowest BCUT2D eigenvalue weighted by Crippen LogP contribution is -2.26. The summed E-state index contributed by atoms with van der Waals surface area (Å²) in [6, 6.07) is 9.74. The number of nitrogens with two attached hydrogens (primary N) is 1. The van der Waals surface area contributed by atoms with E-state index in [0.29, 0.717) is 47.5 Å². The molecule has 11 heteroatoms. The number of aliphatic imine (C=N–C) groups is 1. The van der Waals surface area contributed by atoms with Crippen LogP contribution < -0.4 is 10.5 Å². The van der Waals surface area contributed by atoms with Crippen molar-refractivity contribution in [2.45, 2.75) is 58.5 Å². The smallest absolute Gasteiger partial charge is 0.281 e. The molecule has 10 nitrogen and oxygen atoms in total. The summed E-state index contributed by atoms with van der Waals surface area (Å²) in [4.78, 5) is 42.5. The van der Waals surface area contributed by atoms with Crippen LogP contribution in [0.15, 0.2) is 53.5 Å². The van der Waals surface area contributed by atoms with Gasteiger partial charge in [0.2, 0.25) is 11.8 Å². The quantitative estimate of drug-likeness (QED) is 0.282. The molecule has 4 N–H and O–H groups in total. The van der Waals surface area contributed by atoms with Crippen molar-refractivity contribution in [3.8, 4) is 11.5 Å². The standard InChI is InChI=1S/C25H26FN5O3.C7H11NO/c1-15-9-24(32)31(12-15)13-18-10-21(26)20(25(33)30-14-27)11-23(18)34-19-6-4-17(5-7-19)22(29)8-3-16(2)28;9-7-2-1-5-8(7)6-3-4-6/h3-8,10-11,14-15,28-29H,9,12-13H2,1-2H3,(H2,27,30,33);6H,1-5H2/b8-3-,28-16?,29-22?;/t15-;/m0./s1. The van der Waals surface area contributed by atoms with Gasteiger partial charge in [0.1, 0.15) is 17.3 Å². The van der Waals surface area contributed by atoms with E-state index in [9.17, 15) is 18.8 Å². The highest BCUT2D eigenvalue weighted by atomic mass is 19.1. The molecule has 3 amide bonds. The molecular formula is C32H37FN6O4. The first-order valence-corrected chi connectivity index (χ1v) is 14.3. The topological polar surface area (TPSA) is 153 Å². The van der Waals surface area contributed by atoms with Gasteiger partial charge in [-0.15, -0.1) is 0 Å². The first-order valence-electron chi connectivity index (χ1n) is 14.3. The minimum absolute atomic E-state index is 0.0252. The number of nitrogens with one attached hydrogen (secondary N) is 2. The minimum Gasteiger partial charge on any atom is -0.457 e. The fourth-order valence-electron chi connectivity index (χ4n) is 5.02. The molecule has 3 aliphatic rings. The Morgan fingerprint density at radius 1 is 1.14 bits per heavy atom. The van der Waals surface area contributed by atoms with E-state index in [-0.39, 0.29) is 35.4 Å². The summed E-state index contributed by atoms with van der Waals surface area (Å²) >= 11 is 0. The zero-order chi connectivity index (χ0) is 31.1. The van der Waals surface area contributed by atoms with E-state index in [1.54, 1.807) is 36.1 Å². The molecule has 2 aromatic rings. The van der Waals surface area contributed by atoms with Gasteiger partial charge in [-0.1, -0.05) is 6.92 Å². The lowest BCUT2D eigenvalue weighted by Gasteiger charge is -2.19. The molecule has 226 valence electrons. The van der Waals surface area contributed by atoms with E-state index in [1.165, 1.54) is 37.1 Å². The summed E-state index contributed by atoms with van der Waals surface area (Å²) in [5.41, 5.74) is 6.48. The normalized spacial score (nSPS) is 18.3. The van der Waals surface area contributed by atoms with Crippen molar-refractivity contribution in [1.82, 2.24) is 9.80 Å². The van der Waals surface area contributed by atoms with Gasteiger partial charge in [-0.25, -0.2) is 4.39 Å². The number of carbonyl (C=O) groups excluding carboxylic acids is 3. The second-order valence-corrected chi connectivity index (χ2v) is 11.1. The van der Waals surface area contributed by atoms with Crippen molar-refractivity contribution in [3.05, 3.63) is 71.1 Å². The molecular weight excluding hydrogens is 551 g/mol. The van der Waals surface area contributed by atoms with E-state index in [4.69, 9.17) is 21.3 Å². The molecule has 0 unspecified atom stereocenters. The highest BCUT2D eigenvalue weighted by Gasteiger charge is 2.34. The number of likely N-dealkylation sites (tertiary alicyclic amines) is 2. The number of ether oxygens (including phenoxy) is 1. The zero-order valence-corrected chi connectivity index (χ0v) is 24.4. The molecule has 2 aromatic carbocycles. The van der Waals surface area contributed by atoms with Gasteiger partial charge in [0.25, 0.3) is 5.91 Å². The predicted octanol–water partition coefficient (Wildman–Crippen LogP) is 4.85. The van der Waals surface area contributed by atoms with Crippen LogP contribution >= 0.6 is 0 Å².